The summed E-state index contributed by atoms with van der Waals surface area (Å²) in [5.41, 5.74) is 4.37. The second-order valence-corrected chi connectivity index (χ2v) is 12.6. The largest absolute Gasteiger partial charge is 0.485 e. The van der Waals surface area contributed by atoms with E-state index >= 15 is 0 Å². The summed E-state index contributed by atoms with van der Waals surface area (Å²) in [7, 11) is 0. The van der Waals surface area contributed by atoms with Gasteiger partial charge in [0.2, 0.25) is 5.91 Å². The van der Waals surface area contributed by atoms with Gasteiger partial charge in [-0.1, -0.05) is 86.8 Å². The van der Waals surface area contributed by atoms with E-state index in [4.69, 9.17) is 4.74 Å². The van der Waals surface area contributed by atoms with Crippen LogP contribution >= 0.6 is 27.7 Å². The Kier molecular flexibility index (Phi) is 9.93. The second kappa shape index (κ2) is 13.2. The highest BCUT2D eigenvalue weighted by molar-refractivity contribution is 9.10. The fourth-order valence-electron chi connectivity index (χ4n) is 4.88. The zero-order valence-corrected chi connectivity index (χ0v) is 25.5. The van der Waals surface area contributed by atoms with Crippen LogP contribution in [0.5, 0.6) is 5.75 Å². The second-order valence-electron chi connectivity index (χ2n) is 10.8. The number of amides is 1. The predicted octanol–water partition coefficient (Wildman–Crippen LogP) is 8.41. The van der Waals surface area contributed by atoms with Gasteiger partial charge in [-0.05, 0) is 72.6 Å². The van der Waals surface area contributed by atoms with Crippen molar-refractivity contribution < 1.29 is 9.53 Å². The minimum Gasteiger partial charge on any atom is -0.485 e. The number of carbonyl (C=O) groups is 1. The van der Waals surface area contributed by atoms with Crippen molar-refractivity contribution in [3.63, 3.8) is 0 Å². The summed E-state index contributed by atoms with van der Waals surface area (Å²) in [6, 6.07) is 12.6. The van der Waals surface area contributed by atoms with Gasteiger partial charge in [0, 0.05) is 16.2 Å². The van der Waals surface area contributed by atoms with Crippen molar-refractivity contribution in [2.24, 2.45) is 0 Å². The van der Waals surface area contributed by atoms with E-state index in [9.17, 15) is 4.79 Å². The Morgan fingerprint density at radius 2 is 1.79 bits per heavy atom. The molecule has 0 radical (unpaired) electrons. The Morgan fingerprint density at radius 3 is 2.45 bits per heavy atom. The maximum Gasteiger partial charge on any atom is 0.234 e. The number of aromatic nitrogens is 3. The molecule has 8 heteroatoms. The topological polar surface area (TPSA) is 69.0 Å². The van der Waals surface area contributed by atoms with Gasteiger partial charge in [0.05, 0.1) is 5.75 Å². The van der Waals surface area contributed by atoms with E-state index in [0.29, 0.717) is 24.5 Å². The van der Waals surface area contributed by atoms with Gasteiger partial charge in [0.15, 0.2) is 11.0 Å². The Morgan fingerprint density at radius 1 is 1.08 bits per heavy atom. The number of rotatable bonds is 10. The van der Waals surface area contributed by atoms with Gasteiger partial charge in [-0.2, -0.15) is 0 Å². The number of hydrogen-bond acceptors (Lipinski definition) is 5. The first-order valence-corrected chi connectivity index (χ1v) is 15.4. The molecule has 0 bridgehead atoms. The highest BCUT2D eigenvalue weighted by Crippen LogP contribution is 2.35. The van der Waals surface area contributed by atoms with Crippen molar-refractivity contribution in [1.82, 2.24) is 14.8 Å². The van der Waals surface area contributed by atoms with Crippen molar-refractivity contribution in [3.05, 3.63) is 63.4 Å². The number of halogens is 1. The number of carbonyl (C=O) groups excluding carboxylic acids is 1. The van der Waals surface area contributed by atoms with E-state index in [1.54, 1.807) is 0 Å². The molecule has 1 N–H and O–H groups in total. The van der Waals surface area contributed by atoms with Crippen LogP contribution < -0.4 is 10.1 Å². The molecule has 0 atom stereocenters. The van der Waals surface area contributed by atoms with Gasteiger partial charge >= 0.3 is 0 Å². The zero-order valence-electron chi connectivity index (χ0n) is 23.1. The number of ether oxygens (including phenoxy) is 1. The summed E-state index contributed by atoms with van der Waals surface area (Å²) < 4.78 is 9.68. The molecule has 4 rings (SSSR count). The molecule has 1 aliphatic rings. The van der Waals surface area contributed by atoms with E-state index in [1.165, 1.54) is 42.2 Å². The summed E-state index contributed by atoms with van der Waals surface area (Å²) >= 11 is 5.10. The lowest BCUT2D eigenvalue weighted by molar-refractivity contribution is -0.113. The van der Waals surface area contributed by atoms with Crippen LogP contribution in [0.25, 0.3) is 0 Å². The SMILES string of the molecule is Cc1cc(OCc2nnc(SCC(=O)Nc3ccc(C(C)C)cc3)n2C2CCCCC2)c(C(C)C)cc1Br. The Labute approximate surface area is 239 Å². The molecular weight excluding hydrogens is 560 g/mol. The molecule has 0 unspecified atom stereocenters. The molecule has 6 nitrogen and oxygen atoms in total. The fraction of sp³-hybridized carbons (Fsp3) is 0.500. The van der Waals surface area contributed by atoms with Gasteiger partial charge in [0.25, 0.3) is 0 Å². The van der Waals surface area contributed by atoms with Gasteiger partial charge in [-0.3, -0.25) is 9.36 Å². The maximum absolute atomic E-state index is 12.8. The van der Waals surface area contributed by atoms with Crippen LogP contribution in [-0.2, 0) is 11.4 Å². The Balaban J connectivity index is 1.47. The molecule has 3 aromatic rings. The lowest BCUT2D eigenvalue weighted by atomic mass is 9.95. The summed E-state index contributed by atoms with van der Waals surface area (Å²) in [5.74, 6) is 2.74. The quantitative estimate of drug-likeness (QED) is 0.237. The van der Waals surface area contributed by atoms with Crippen molar-refractivity contribution in [2.75, 3.05) is 11.1 Å². The molecule has 1 aromatic heterocycles. The average molecular weight is 600 g/mol. The lowest BCUT2D eigenvalue weighted by Gasteiger charge is -2.25. The van der Waals surface area contributed by atoms with E-state index in [1.807, 2.05) is 12.1 Å². The van der Waals surface area contributed by atoms with Gasteiger partial charge in [-0.25, -0.2) is 0 Å². The Hall–Kier alpha value is -2.32. The van der Waals surface area contributed by atoms with E-state index < -0.39 is 0 Å². The number of aryl methyl sites for hydroxylation is 1. The predicted molar refractivity (Wildman–Crippen MR) is 159 cm³/mol. The molecule has 2 aromatic carbocycles. The summed E-state index contributed by atoms with van der Waals surface area (Å²) in [5, 5.41) is 12.8. The van der Waals surface area contributed by atoms with E-state index in [0.717, 1.165) is 45.3 Å². The lowest BCUT2D eigenvalue weighted by Crippen LogP contribution is -2.19. The standard InChI is InChI=1S/C30H39BrN4O2S/c1-19(2)22-11-13-23(14-12-22)32-29(36)18-38-30-34-33-28(35(30)24-9-7-6-8-10-24)17-37-27-15-21(5)26(31)16-25(27)20(3)4/h11-16,19-20,24H,6-10,17-18H2,1-5H3,(H,32,36). The number of thioether (sulfide) groups is 1. The molecule has 204 valence electrons. The molecule has 1 aliphatic carbocycles. The highest BCUT2D eigenvalue weighted by Gasteiger charge is 2.24. The molecule has 0 saturated heterocycles. The molecular formula is C30H39BrN4O2S. The minimum absolute atomic E-state index is 0.0461. The number of hydrogen-bond donors (Lipinski definition) is 1. The normalized spacial score (nSPS) is 14.3. The first-order chi connectivity index (χ1) is 18.2. The molecule has 1 fully saturated rings. The first-order valence-electron chi connectivity index (χ1n) is 13.6. The fourth-order valence-corrected chi connectivity index (χ4v) is 6.06. The van der Waals surface area contributed by atoms with E-state index in [-0.39, 0.29) is 11.7 Å². The van der Waals surface area contributed by atoms with Crippen LogP contribution in [-0.4, -0.2) is 26.4 Å². The maximum atomic E-state index is 12.8. The number of nitrogens with one attached hydrogen (secondary N) is 1. The van der Waals surface area contributed by atoms with Crippen molar-refractivity contribution >= 4 is 39.3 Å². The highest BCUT2D eigenvalue weighted by atomic mass is 79.9. The monoisotopic (exact) mass is 598 g/mol. The molecule has 1 heterocycles. The minimum atomic E-state index is -0.0461. The smallest absolute Gasteiger partial charge is 0.234 e. The van der Waals surface area contributed by atoms with Gasteiger partial charge in [0.1, 0.15) is 12.4 Å². The average Bonchev–Trinajstić information content (AvgIpc) is 3.31. The van der Waals surface area contributed by atoms with Gasteiger partial charge < -0.3 is 10.1 Å². The van der Waals surface area contributed by atoms with Crippen LogP contribution in [0.3, 0.4) is 0 Å². The van der Waals surface area contributed by atoms with Crippen molar-refractivity contribution in [1.29, 1.82) is 0 Å². The number of nitrogens with zero attached hydrogens (tertiary/aromatic N) is 3. The number of benzene rings is 2. The Bertz CT molecular complexity index is 1230. The third-order valence-corrected chi connectivity index (χ3v) is 8.94. The summed E-state index contributed by atoms with van der Waals surface area (Å²) in [6.07, 6.45) is 5.86. The first kappa shape index (κ1) is 28.7. The third kappa shape index (κ3) is 7.20. The van der Waals surface area contributed by atoms with Crippen LogP contribution in [0.4, 0.5) is 5.69 Å². The summed E-state index contributed by atoms with van der Waals surface area (Å²) in [6.45, 7) is 11.1. The van der Waals surface area contributed by atoms with Gasteiger partial charge in [-0.15, -0.1) is 10.2 Å². The van der Waals surface area contributed by atoms with E-state index in [2.05, 4.69) is 94.9 Å². The van der Waals surface area contributed by atoms with Crippen LogP contribution in [0, 0.1) is 6.92 Å². The third-order valence-electron chi connectivity index (χ3n) is 7.14. The molecule has 1 saturated carbocycles. The molecule has 38 heavy (non-hydrogen) atoms. The molecule has 0 aliphatic heterocycles. The molecule has 1 amide bonds. The molecule has 0 spiro atoms. The van der Waals surface area contributed by atoms with Crippen LogP contribution in [0.2, 0.25) is 0 Å². The van der Waals surface area contributed by atoms with Crippen molar-refractivity contribution in [2.45, 2.75) is 96.4 Å². The number of anilines is 1. The van der Waals surface area contributed by atoms with Crippen LogP contribution in [0.1, 0.15) is 100 Å². The zero-order chi connectivity index (χ0) is 27.2. The summed E-state index contributed by atoms with van der Waals surface area (Å²) in [4.78, 5) is 12.8. The van der Waals surface area contributed by atoms with Crippen molar-refractivity contribution in [3.8, 4) is 5.75 Å². The van der Waals surface area contributed by atoms with Crippen LogP contribution in [0.15, 0.2) is 46.0 Å².